The number of likely N-dealkylation sites (tertiary alicyclic amines) is 1. The van der Waals surface area contributed by atoms with E-state index < -0.39 is 5.54 Å². The summed E-state index contributed by atoms with van der Waals surface area (Å²) in [5.74, 6) is 0.00159. The molecule has 0 bridgehead atoms. The summed E-state index contributed by atoms with van der Waals surface area (Å²) in [5.41, 5.74) is -0.636. The van der Waals surface area contributed by atoms with Crippen LogP contribution in [-0.2, 0) is 4.79 Å². The summed E-state index contributed by atoms with van der Waals surface area (Å²) < 4.78 is 0. The van der Waals surface area contributed by atoms with E-state index in [1.165, 1.54) is 17.7 Å². The van der Waals surface area contributed by atoms with Crippen molar-refractivity contribution in [2.75, 3.05) is 26.2 Å². The van der Waals surface area contributed by atoms with Crippen LogP contribution in [0, 0.1) is 0 Å². The Morgan fingerprint density at radius 3 is 2.57 bits per heavy atom. The number of urea groups is 1. The van der Waals surface area contributed by atoms with E-state index in [-0.39, 0.29) is 11.9 Å². The van der Waals surface area contributed by atoms with Gasteiger partial charge in [-0.15, -0.1) is 0 Å². The molecule has 3 fully saturated rings. The maximum atomic E-state index is 12.8. The topological polar surface area (TPSA) is 64.7 Å². The van der Waals surface area contributed by atoms with Gasteiger partial charge in [0.1, 0.15) is 5.54 Å². The number of rotatable bonds is 4. The lowest BCUT2D eigenvalue weighted by Gasteiger charge is -2.39. The molecule has 0 aromatic rings. The van der Waals surface area contributed by atoms with Crippen LogP contribution >= 0.6 is 0 Å². The van der Waals surface area contributed by atoms with Gasteiger partial charge in [-0.1, -0.05) is 6.42 Å². The van der Waals surface area contributed by atoms with E-state index in [2.05, 4.69) is 29.4 Å². The second-order valence-corrected chi connectivity index (χ2v) is 7.53. The van der Waals surface area contributed by atoms with E-state index in [1.54, 1.807) is 0 Å². The molecule has 23 heavy (non-hydrogen) atoms. The Balaban J connectivity index is 1.57. The highest BCUT2D eigenvalue weighted by molar-refractivity contribution is 6.07. The van der Waals surface area contributed by atoms with Crippen LogP contribution in [-0.4, -0.2) is 65.5 Å². The third-order valence-electron chi connectivity index (χ3n) is 5.74. The summed E-state index contributed by atoms with van der Waals surface area (Å²) in [5, 5.41) is 6.49. The molecule has 6 nitrogen and oxygen atoms in total. The maximum absolute atomic E-state index is 12.8. The zero-order chi connectivity index (χ0) is 16.4. The number of carbonyl (C=O) groups excluding carboxylic acids is 2. The third kappa shape index (κ3) is 3.38. The lowest BCUT2D eigenvalue weighted by molar-refractivity contribution is -0.133. The minimum atomic E-state index is -0.636. The van der Waals surface area contributed by atoms with Crippen molar-refractivity contribution in [1.82, 2.24) is 20.4 Å². The average Bonchev–Trinajstić information content (AvgIpc) is 2.77. The summed E-state index contributed by atoms with van der Waals surface area (Å²) in [6.45, 7) is 7.70. The summed E-state index contributed by atoms with van der Waals surface area (Å²) in [4.78, 5) is 29.0. The minimum absolute atomic E-state index is 0.00159. The van der Waals surface area contributed by atoms with Gasteiger partial charge in [-0.05, 0) is 52.5 Å². The zero-order valence-corrected chi connectivity index (χ0v) is 14.4. The highest BCUT2D eigenvalue weighted by Gasteiger charge is 2.52. The van der Waals surface area contributed by atoms with Gasteiger partial charge in [0.25, 0.3) is 5.91 Å². The molecule has 130 valence electrons. The van der Waals surface area contributed by atoms with E-state index in [9.17, 15) is 9.59 Å². The average molecular weight is 322 g/mol. The Bertz CT molecular complexity index is 452. The molecule has 0 aliphatic carbocycles. The molecule has 3 saturated heterocycles. The highest BCUT2D eigenvalue weighted by atomic mass is 16.2. The largest absolute Gasteiger partial charge is 0.325 e. The van der Waals surface area contributed by atoms with Gasteiger partial charge in [0.05, 0.1) is 0 Å². The lowest BCUT2D eigenvalue weighted by atomic mass is 9.87. The fourth-order valence-corrected chi connectivity index (χ4v) is 4.10. The number of hydrogen-bond donors (Lipinski definition) is 2. The van der Waals surface area contributed by atoms with Crippen LogP contribution in [0.2, 0.25) is 0 Å². The molecule has 3 heterocycles. The lowest BCUT2D eigenvalue weighted by Crippen LogP contribution is -2.56. The van der Waals surface area contributed by atoms with Gasteiger partial charge in [0.2, 0.25) is 0 Å². The second kappa shape index (κ2) is 6.77. The first-order valence-corrected chi connectivity index (χ1v) is 9.13. The third-order valence-corrected chi connectivity index (χ3v) is 5.74. The van der Waals surface area contributed by atoms with Gasteiger partial charge >= 0.3 is 6.03 Å². The first-order chi connectivity index (χ1) is 11.0. The predicted molar refractivity (Wildman–Crippen MR) is 89.2 cm³/mol. The van der Waals surface area contributed by atoms with Gasteiger partial charge in [-0.25, -0.2) is 4.79 Å². The van der Waals surface area contributed by atoms with Gasteiger partial charge in [-0.2, -0.15) is 0 Å². The first kappa shape index (κ1) is 16.7. The Morgan fingerprint density at radius 2 is 1.96 bits per heavy atom. The molecule has 0 aromatic carbocycles. The van der Waals surface area contributed by atoms with E-state index in [0.29, 0.717) is 18.6 Å². The van der Waals surface area contributed by atoms with Gasteiger partial charge in [0, 0.05) is 31.7 Å². The van der Waals surface area contributed by atoms with Crippen molar-refractivity contribution in [1.29, 1.82) is 0 Å². The number of hydrogen-bond acceptors (Lipinski definition) is 4. The molecule has 6 heteroatoms. The van der Waals surface area contributed by atoms with Crippen molar-refractivity contribution in [3.05, 3.63) is 0 Å². The summed E-state index contributed by atoms with van der Waals surface area (Å²) in [6, 6.07) is 0.750. The van der Waals surface area contributed by atoms with E-state index >= 15 is 0 Å². The van der Waals surface area contributed by atoms with Crippen molar-refractivity contribution < 1.29 is 9.59 Å². The van der Waals surface area contributed by atoms with Crippen molar-refractivity contribution in [2.45, 2.75) is 70.0 Å². The number of imide groups is 1. The molecule has 0 aromatic heterocycles. The summed E-state index contributed by atoms with van der Waals surface area (Å²) >= 11 is 0. The van der Waals surface area contributed by atoms with Gasteiger partial charge < -0.3 is 15.5 Å². The number of carbonyl (C=O) groups is 2. The Morgan fingerprint density at radius 1 is 1.22 bits per heavy atom. The predicted octanol–water partition coefficient (Wildman–Crippen LogP) is 1.31. The quantitative estimate of drug-likeness (QED) is 0.766. The van der Waals surface area contributed by atoms with Crippen LogP contribution in [0.1, 0.15) is 52.4 Å². The number of piperidine rings is 2. The molecular formula is C17H30N4O2. The maximum Gasteiger partial charge on any atom is 0.325 e. The van der Waals surface area contributed by atoms with Crippen molar-refractivity contribution >= 4 is 11.9 Å². The fraction of sp³-hybridized carbons (Fsp3) is 0.882. The molecule has 0 saturated carbocycles. The molecule has 0 radical (unpaired) electrons. The zero-order valence-electron chi connectivity index (χ0n) is 14.4. The SMILES string of the molecule is CC(C)N1CCC2(CC1)NC(=O)N(CCC1CCCCN1)C2=O. The number of nitrogens with zero attached hydrogens (tertiary/aromatic N) is 2. The van der Waals surface area contributed by atoms with Crippen LogP contribution in [0.4, 0.5) is 4.79 Å². The smallest absolute Gasteiger partial charge is 0.323 e. The Kier molecular flexibility index (Phi) is 4.92. The molecule has 3 aliphatic heterocycles. The molecule has 3 aliphatic rings. The van der Waals surface area contributed by atoms with E-state index in [0.717, 1.165) is 45.3 Å². The standard InChI is InChI=1S/C17H30N4O2/c1-13(2)20-11-7-17(8-12-20)15(22)21(16(23)19-17)10-6-14-5-3-4-9-18-14/h13-14,18H,3-12H2,1-2H3,(H,19,23). The van der Waals surface area contributed by atoms with Gasteiger partial charge in [-0.3, -0.25) is 9.69 Å². The van der Waals surface area contributed by atoms with Crippen LogP contribution in [0.3, 0.4) is 0 Å². The minimum Gasteiger partial charge on any atom is -0.323 e. The molecule has 1 spiro atoms. The van der Waals surface area contributed by atoms with E-state index in [4.69, 9.17) is 0 Å². The highest BCUT2D eigenvalue weighted by Crippen LogP contribution is 2.30. The van der Waals surface area contributed by atoms with Crippen molar-refractivity contribution in [3.8, 4) is 0 Å². The number of nitrogens with one attached hydrogen (secondary N) is 2. The molecule has 1 unspecified atom stereocenters. The summed E-state index contributed by atoms with van der Waals surface area (Å²) in [7, 11) is 0. The Labute approximate surface area is 139 Å². The molecular weight excluding hydrogens is 292 g/mol. The first-order valence-electron chi connectivity index (χ1n) is 9.13. The molecule has 3 amide bonds. The number of amides is 3. The van der Waals surface area contributed by atoms with Crippen molar-refractivity contribution in [2.24, 2.45) is 0 Å². The van der Waals surface area contributed by atoms with E-state index in [1.807, 2.05) is 0 Å². The van der Waals surface area contributed by atoms with Crippen LogP contribution in [0.15, 0.2) is 0 Å². The van der Waals surface area contributed by atoms with Crippen LogP contribution in [0.5, 0.6) is 0 Å². The molecule has 3 rings (SSSR count). The Hall–Kier alpha value is -1.14. The van der Waals surface area contributed by atoms with Crippen LogP contribution in [0.25, 0.3) is 0 Å². The molecule has 2 N–H and O–H groups in total. The van der Waals surface area contributed by atoms with Crippen LogP contribution < -0.4 is 10.6 Å². The fourth-order valence-electron chi connectivity index (χ4n) is 4.10. The second-order valence-electron chi connectivity index (χ2n) is 7.53. The molecule has 1 atom stereocenters. The monoisotopic (exact) mass is 322 g/mol. The van der Waals surface area contributed by atoms with Gasteiger partial charge in [0.15, 0.2) is 0 Å². The normalized spacial score (nSPS) is 28.7. The summed E-state index contributed by atoms with van der Waals surface area (Å²) in [6.07, 6.45) is 5.95. The van der Waals surface area contributed by atoms with Crippen molar-refractivity contribution in [3.63, 3.8) is 0 Å².